The van der Waals surface area contributed by atoms with Crippen molar-refractivity contribution in [1.82, 2.24) is 0 Å². The number of halogens is 2. The topological polar surface area (TPSA) is 21.3 Å². The first-order chi connectivity index (χ1) is 9.60. The minimum Gasteiger partial charge on any atom is -0.497 e. The number of hydrogen-bond acceptors (Lipinski definition) is 2. The molecule has 0 saturated heterocycles. The second kappa shape index (κ2) is 6.87. The van der Waals surface area contributed by atoms with E-state index in [1.807, 2.05) is 24.3 Å². The molecule has 20 heavy (non-hydrogen) atoms. The van der Waals surface area contributed by atoms with Gasteiger partial charge < -0.3 is 10.1 Å². The monoisotopic (exact) mass is 309 g/mol. The molecular weight excluding hydrogens is 293 g/mol. The largest absolute Gasteiger partial charge is 0.497 e. The van der Waals surface area contributed by atoms with E-state index in [1.165, 1.54) is 5.56 Å². The second-order valence-corrected chi connectivity index (χ2v) is 5.48. The number of ether oxygens (including phenoxy) is 1. The third-order valence-electron chi connectivity index (χ3n) is 3.05. The van der Waals surface area contributed by atoms with Crippen LogP contribution < -0.4 is 10.1 Å². The van der Waals surface area contributed by atoms with Gasteiger partial charge in [-0.25, -0.2) is 0 Å². The molecule has 106 valence electrons. The van der Waals surface area contributed by atoms with Gasteiger partial charge in [0, 0.05) is 6.04 Å². The van der Waals surface area contributed by atoms with Crippen LogP contribution in [0.2, 0.25) is 10.0 Å². The molecule has 0 aromatic heterocycles. The second-order valence-electron chi connectivity index (χ2n) is 4.70. The quantitative estimate of drug-likeness (QED) is 0.835. The molecule has 0 aliphatic carbocycles. The van der Waals surface area contributed by atoms with Gasteiger partial charge in [-0.3, -0.25) is 0 Å². The Bertz CT molecular complexity index is 569. The van der Waals surface area contributed by atoms with Crippen LogP contribution in [-0.2, 0) is 6.42 Å². The lowest BCUT2D eigenvalue weighted by Gasteiger charge is -2.17. The zero-order chi connectivity index (χ0) is 14.5. The summed E-state index contributed by atoms with van der Waals surface area (Å²) in [7, 11) is 1.67. The van der Waals surface area contributed by atoms with Gasteiger partial charge in [0.2, 0.25) is 0 Å². The molecular formula is C16H17Cl2NO. The Hall–Kier alpha value is -1.38. The summed E-state index contributed by atoms with van der Waals surface area (Å²) >= 11 is 12.2. The molecule has 0 saturated carbocycles. The van der Waals surface area contributed by atoms with E-state index in [4.69, 9.17) is 27.9 Å². The Balaban J connectivity index is 2.01. The van der Waals surface area contributed by atoms with Gasteiger partial charge >= 0.3 is 0 Å². The number of rotatable bonds is 5. The third kappa shape index (κ3) is 3.81. The van der Waals surface area contributed by atoms with Gasteiger partial charge in [-0.15, -0.1) is 0 Å². The summed E-state index contributed by atoms with van der Waals surface area (Å²) in [5, 5.41) is 4.51. The van der Waals surface area contributed by atoms with Gasteiger partial charge in [0.15, 0.2) is 0 Å². The Kier molecular flexibility index (Phi) is 5.16. The number of nitrogens with one attached hydrogen (secondary N) is 1. The zero-order valence-corrected chi connectivity index (χ0v) is 13.0. The van der Waals surface area contributed by atoms with Crippen LogP contribution in [0, 0.1) is 0 Å². The highest BCUT2D eigenvalue weighted by Crippen LogP contribution is 2.30. The lowest BCUT2D eigenvalue weighted by atomic mass is 10.1. The van der Waals surface area contributed by atoms with E-state index in [1.54, 1.807) is 13.2 Å². The predicted molar refractivity (Wildman–Crippen MR) is 86.2 cm³/mol. The van der Waals surface area contributed by atoms with Crippen molar-refractivity contribution >= 4 is 28.9 Å². The van der Waals surface area contributed by atoms with E-state index in [9.17, 15) is 0 Å². The Labute approximate surface area is 129 Å². The van der Waals surface area contributed by atoms with Crippen molar-refractivity contribution in [3.05, 3.63) is 58.1 Å². The van der Waals surface area contributed by atoms with E-state index in [0.29, 0.717) is 10.0 Å². The normalized spacial score (nSPS) is 12.0. The van der Waals surface area contributed by atoms with Crippen LogP contribution in [0.5, 0.6) is 5.75 Å². The molecule has 0 aliphatic heterocycles. The van der Waals surface area contributed by atoms with E-state index >= 15 is 0 Å². The van der Waals surface area contributed by atoms with Crippen LogP contribution >= 0.6 is 23.2 Å². The molecule has 0 spiro atoms. The fourth-order valence-electron chi connectivity index (χ4n) is 2.05. The van der Waals surface area contributed by atoms with Crippen molar-refractivity contribution in [2.75, 3.05) is 12.4 Å². The van der Waals surface area contributed by atoms with Gasteiger partial charge in [-0.2, -0.15) is 0 Å². The lowest BCUT2D eigenvalue weighted by molar-refractivity contribution is 0.414. The highest BCUT2D eigenvalue weighted by atomic mass is 35.5. The molecule has 1 unspecified atom stereocenters. The number of hydrogen-bond donors (Lipinski definition) is 1. The SMILES string of the molecule is COc1ccc(CC(C)Nc2cccc(Cl)c2Cl)cc1. The first kappa shape index (κ1) is 15.0. The molecule has 0 bridgehead atoms. The molecule has 0 amide bonds. The maximum absolute atomic E-state index is 6.17. The van der Waals surface area contributed by atoms with Gasteiger partial charge in [0.1, 0.15) is 5.75 Å². The maximum atomic E-state index is 6.17. The van der Waals surface area contributed by atoms with Crippen molar-refractivity contribution < 1.29 is 4.74 Å². The molecule has 2 aromatic rings. The molecule has 0 fully saturated rings. The fourth-order valence-corrected chi connectivity index (χ4v) is 2.40. The predicted octanol–water partition coefficient (Wildman–Crippen LogP) is 5.05. The smallest absolute Gasteiger partial charge is 0.118 e. The van der Waals surface area contributed by atoms with Crippen molar-refractivity contribution in [2.24, 2.45) is 0 Å². The number of benzene rings is 2. The molecule has 0 heterocycles. The Morgan fingerprint density at radius 1 is 1.10 bits per heavy atom. The summed E-state index contributed by atoms with van der Waals surface area (Å²) in [4.78, 5) is 0. The average Bonchev–Trinajstić information content (AvgIpc) is 2.45. The molecule has 0 aliphatic rings. The van der Waals surface area contributed by atoms with Gasteiger partial charge in [-0.05, 0) is 43.2 Å². The summed E-state index contributed by atoms with van der Waals surface area (Å²) in [5.74, 6) is 0.868. The molecule has 2 nitrogen and oxygen atoms in total. The van der Waals surface area contributed by atoms with E-state index in [0.717, 1.165) is 17.9 Å². The molecule has 4 heteroatoms. The molecule has 1 N–H and O–H groups in total. The lowest BCUT2D eigenvalue weighted by Crippen LogP contribution is -2.18. The Morgan fingerprint density at radius 2 is 1.80 bits per heavy atom. The highest BCUT2D eigenvalue weighted by molar-refractivity contribution is 6.43. The summed E-state index contributed by atoms with van der Waals surface area (Å²) < 4.78 is 5.15. The fraction of sp³-hybridized carbons (Fsp3) is 0.250. The van der Waals surface area contributed by atoms with Crippen molar-refractivity contribution in [3.8, 4) is 5.75 Å². The van der Waals surface area contributed by atoms with E-state index in [-0.39, 0.29) is 6.04 Å². The molecule has 1 atom stereocenters. The van der Waals surface area contributed by atoms with Crippen LogP contribution in [-0.4, -0.2) is 13.2 Å². The highest BCUT2D eigenvalue weighted by Gasteiger charge is 2.08. The molecule has 0 radical (unpaired) electrons. The standard InChI is InChI=1S/C16H17Cl2NO/c1-11(10-12-6-8-13(20-2)9-7-12)19-15-5-3-4-14(17)16(15)18/h3-9,11,19H,10H2,1-2H3. The first-order valence-electron chi connectivity index (χ1n) is 6.43. The van der Waals surface area contributed by atoms with Crippen molar-refractivity contribution in [2.45, 2.75) is 19.4 Å². The van der Waals surface area contributed by atoms with Crippen LogP contribution in [0.25, 0.3) is 0 Å². The van der Waals surface area contributed by atoms with Gasteiger partial charge in [-0.1, -0.05) is 41.4 Å². The van der Waals surface area contributed by atoms with Crippen molar-refractivity contribution in [3.63, 3.8) is 0 Å². The third-order valence-corrected chi connectivity index (χ3v) is 3.87. The van der Waals surface area contributed by atoms with Crippen LogP contribution in [0.4, 0.5) is 5.69 Å². The Morgan fingerprint density at radius 3 is 2.45 bits per heavy atom. The first-order valence-corrected chi connectivity index (χ1v) is 7.19. The number of methoxy groups -OCH3 is 1. The number of anilines is 1. The minimum absolute atomic E-state index is 0.249. The maximum Gasteiger partial charge on any atom is 0.118 e. The van der Waals surface area contributed by atoms with Crippen LogP contribution in [0.15, 0.2) is 42.5 Å². The van der Waals surface area contributed by atoms with Gasteiger partial charge in [0.25, 0.3) is 0 Å². The zero-order valence-electron chi connectivity index (χ0n) is 11.5. The molecule has 2 aromatic carbocycles. The van der Waals surface area contributed by atoms with Crippen LogP contribution in [0.3, 0.4) is 0 Å². The summed E-state index contributed by atoms with van der Waals surface area (Å²) in [5.41, 5.74) is 2.10. The molecule has 2 rings (SSSR count). The van der Waals surface area contributed by atoms with Gasteiger partial charge in [0.05, 0.1) is 22.8 Å². The van der Waals surface area contributed by atoms with E-state index < -0.39 is 0 Å². The average molecular weight is 310 g/mol. The van der Waals surface area contributed by atoms with Crippen molar-refractivity contribution in [1.29, 1.82) is 0 Å². The van der Waals surface area contributed by atoms with Crippen LogP contribution in [0.1, 0.15) is 12.5 Å². The van der Waals surface area contributed by atoms with E-state index in [2.05, 4.69) is 24.4 Å². The summed E-state index contributed by atoms with van der Waals surface area (Å²) in [6, 6.07) is 13.9. The minimum atomic E-state index is 0.249. The summed E-state index contributed by atoms with van der Waals surface area (Å²) in [6.45, 7) is 2.11. The summed E-state index contributed by atoms with van der Waals surface area (Å²) in [6.07, 6.45) is 0.896.